The lowest BCUT2D eigenvalue weighted by molar-refractivity contribution is -0.121. The molecular weight excluding hydrogens is 168 g/mol. The van der Waals surface area contributed by atoms with Crippen molar-refractivity contribution in [1.82, 2.24) is 20.1 Å². The van der Waals surface area contributed by atoms with Crippen LogP contribution in [0, 0.1) is 0 Å². The zero-order chi connectivity index (χ0) is 9.42. The number of carbonyl (C=O) groups excluding carboxylic acids is 1. The van der Waals surface area contributed by atoms with Gasteiger partial charge in [0.2, 0.25) is 5.91 Å². The maximum absolute atomic E-state index is 11.0. The lowest BCUT2D eigenvalue weighted by atomic mass is 10.2. The van der Waals surface area contributed by atoms with Gasteiger partial charge in [0.05, 0.1) is 13.1 Å². The van der Waals surface area contributed by atoms with Crippen LogP contribution in [0.1, 0.15) is 31.4 Å². The van der Waals surface area contributed by atoms with Crippen molar-refractivity contribution in [2.45, 2.75) is 32.9 Å². The molecule has 5 heteroatoms. The molecule has 0 aromatic carbocycles. The minimum atomic E-state index is 0.0233. The van der Waals surface area contributed by atoms with Crippen molar-refractivity contribution >= 4 is 5.91 Å². The summed E-state index contributed by atoms with van der Waals surface area (Å²) in [6.45, 7) is 4.64. The highest BCUT2D eigenvalue weighted by atomic mass is 16.1. The molecule has 0 fully saturated rings. The topological polar surface area (TPSA) is 59.8 Å². The van der Waals surface area contributed by atoms with Crippen LogP contribution < -0.4 is 5.32 Å². The monoisotopic (exact) mass is 180 g/mol. The normalized spacial score (nSPS) is 15.8. The first-order valence-corrected chi connectivity index (χ1v) is 4.37. The second-order valence-corrected chi connectivity index (χ2v) is 3.49. The van der Waals surface area contributed by atoms with Crippen LogP contribution >= 0.6 is 0 Å². The molecule has 1 aliphatic rings. The molecule has 5 nitrogen and oxygen atoms in total. The van der Waals surface area contributed by atoms with E-state index in [1.165, 1.54) is 0 Å². The molecular formula is C8H12N4O. The van der Waals surface area contributed by atoms with E-state index < -0.39 is 0 Å². The Labute approximate surface area is 76.2 Å². The smallest absolute Gasteiger partial charge is 0.229 e. The Morgan fingerprint density at radius 3 is 2.92 bits per heavy atom. The van der Waals surface area contributed by atoms with E-state index in [-0.39, 0.29) is 5.91 Å². The van der Waals surface area contributed by atoms with E-state index in [0.717, 1.165) is 11.6 Å². The molecule has 2 rings (SSSR count). The van der Waals surface area contributed by atoms with Gasteiger partial charge in [-0.2, -0.15) is 0 Å². The summed E-state index contributed by atoms with van der Waals surface area (Å²) in [6.07, 6.45) is 0.347. The van der Waals surface area contributed by atoms with E-state index in [0.29, 0.717) is 19.0 Å². The molecule has 1 aromatic heterocycles. The number of hydrogen-bond donors (Lipinski definition) is 1. The summed E-state index contributed by atoms with van der Waals surface area (Å²) in [5.41, 5.74) is 0. The van der Waals surface area contributed by atoms with Crippen LogP contribution in [0.3, 0.4) is 0 Å². The van der Waals surface area contributed by atoms with Gasteiger partial charge in [0.1, 0.15) is 11.6 Å². The van der Waals surface area contributed by atoms with Crippen LogP contribution in [0.25, 0.3) is 0 Å². The second kappa shape index (κ2) is 2.83. The molecule has 0 aliphatic carbocycles. The fraction of sp³-hybridized carbons (Fsp3) is 0.625. The molecule has 13 heavy (non-hydrogen) atoms. The summed E-state index contributed by atoms with van der Waals surface area (Å²) in [7, 11) is 0. The van der Waals surface area contributed by atoms with E-state index >= 15 is 0 Å². The van der Waals surface area contributed by atoms with Crippen molar-refractivity contribution in [3.05, 3.63) is 11.6 Å². The molecule has 0 spiro atoms. The molecule has 0 radical (unpaired) electrons. The molecule has 0 saturated heterocycles. The summed E-state index contributed by atoms with van der Waals surface area (Å²) in [4.78, 5) is 11.0. The van der Waals surface area contributed by atoms with Gasteiger partial charge in [0.15, 0.2) is 0 Å². The van der Waals surface area contributed by atoms with E-state index in [1.54, 1.807) is 0 Å². The summed E-state index contributed by atoms with van der Waals surface area (Å²) in [6, 6.07) is 0. The van der Waals surface area contributed by atoms with E-state index in [9.17, 15) is 4.79 Å². The standard InChI is InChI=1S/C8H12N4O/c1-5(2)8-11-10-6-3-7(13)9-4-12(6)8/h5H,3-4H2,1-2H3,(H,9,13). The number of carbonyl (C=O) groups is 1. The number of nitrogens with one attached hydrogen (secondary N) is 1. The fourth-order valence-corrected chi connectivity index (χ4v) is 1.45. The zero-order valence-electron chi connectivity index (χ0n) is 7.74. The Hall–Kier alpha value is -1.39. The van der Waals surface area contributed by atoms with Gasteiger partial charge in [0, 0.05) is 5.92 Å². The molecule has 1 amide bonds. The average molecular weight is 180 g/mol. The molecule has 1 N–H and O–H groups in total. The SMILES string of the molecule is CC(C)c1nnc2n1CNC(=O)C2. The van der Waals surface area contributed by atoms with Crippen molar-refractivity contribution < 1.29 is 4.79 Å². The second-order valence-electron chi connectivity index (χ2n) is 3.49. The first kappa shape index (κ1) is 8.22. The average Bonchev–Trinajstić information content (AvgIpc) is 2.46. The molecule has 0 atom stereocenters. The first-order chi connectivity index (χ1) is 6.18. The maximum atomic E-state index is 11.0. The predicted molar refractivity (Wildman–Crippen MR) is 46.0 cm³/mol. The lowest BCUT2D eigenvalue weighted by Crippen LogP contribution is -2.35. The number of hydrogen-bond acceptors (Lipinski definition) is 3. The van der Waals surface area contributed by atoms with Gasteiger partial charge in [-0.25, -0.2) is 0 Å². The molecule has 0 unspecified atom stereocenters. The number of nitrogens with zero attached hydrogens (tertiary/aromatic N) is 3. The number of aromatic nitrogens is 3. The molecule has 1 aliphatic heterocycles. The Balaban J connectivity index is 2.38. The van der Waals surface area contributed by atoms with Crippen LogP contribution in [0.5, 0.6) is 0 Å². The Morgan fingerprint density at radius 2 is 2.23 bits per heavy atom. The summed E-state index contributed by atoms with van der Waals surface area (Å²) >= 11 is 0. The van der Waals surface area contributed by atoms with Gasteiger partial charge in [-0.05, 0) is 0 Å². The molecule has 0 bridgehead atoms. The van der Waals surface area contributed by atoms with Crippen LogP contribution in [0.15, 0.2) is 0 Å². The quantitative estimate of drug-likeness (QED) is 0.663. The third kappa shape index (κ3) is 1.30. The van der Waals surface area contributed by atoms with Crippen molar-refractivity contribution in [1.29, 1.82) is 0 Å². The Kier molecular flexibility index (Phi) is 1.79. The number of amides is 1. The van der Waals surface area contributed by atoms with Crippen molar-refractivity contribution in [3.63, 3.8) is 0 Å². The minimum absolute atomic E-state index is 0.0233. The largest absolute Gasteiger partial charge is 0.338 e. The van der Waals surface area contributed by atoms with Crippen LogP contribution in [-0.2, 0) is 17.9 Å². The van der Waals surface area contributed by atoms with Crippen LogP contribution in [0.2, 0.25) is 0 Å². The number of fused-ring (bicyclic) bond motifs is 1. The summed E-state index contributed by atoms with van der Waals surface area (Å²) < 4.78 is 1.96. The van der Waals surface area contributed by atoms with Crippen LogP contribution in [-0.4, -0.2) is 20.7 Å². The Morgan fingerprint density at radius 1 is 1.46 bits per heavy atom. The number of rotatable bonds is 1. The predicted octanol–water partition coefficient (Wildman–Crippen LogP) is 0.0313. The van der Waals surface area contributed by atoms with Gasteiger partial charge in [0.25, 0.3) is 0 Å². The Bertz CT molecular complexity index is 342. The van der Waals surface area contributed by atoms with Crippen LogP contribution in [0.4, 0.5) is 0 Å². The molecule has 1 aromatic rings. The maximum Gasteiger partial charge on any atom is 0.229 e. The fourth-order valence-electron chi connectivity index (χ4n) is 1.45. The highest BCUT2D eigenvalue weighted by molar-refractivity contribution is 5.78. The van der Waals surface area contributed by atoms with E-state index in [2.05, 4.69) is 29.4 Å². The summed E-state index contributed by atoms with van der Waals surface area (Å²) in [5, 5.41) is 10.8. The van der Waals surface area contributed by atoms with Gasteiger partial charge in [-0.1, -0.05) is 13.8 Å². The minimum Gasteiger partial charge on any atom is -0.338 e. The summed E-state index contributed by atoms with van der Waals surface area (Å²) in [5.74, 6) is 2.08. The van der Waals surface area contributed by atoms with Gasteiger partial charge in [-0.15, -0.1) is 10.2 Å². The van der Waals surface area contributed by atoms with Gasteiger partial charge < -0.3 is 5.32 Å². The van der Waals surface area contributed by atoms with E-state index in [1.807, 2.05) is 4.57 Å². The first-order valence-electron chi connectivity index (χ1n) is 4.37. The van der Waals surface area contributed by atoms with Crippen molar-refractivity contribution in [3.8, 4) is 0 Å². The third-order valence-corrected chi connectivity index (χ3v) is 2.13. The third-order valence-electron chi connectivity index (χ3n) is 2.13. The van der Waals surface area contributed by atoms with Gasteiger partial charge in [-0.3, -0.25) is 9.36 Å². The highest BCUT2D eigenvalue weighted by Crippen LogP contribution is 2.14. The zero-order valence-corrected chi connectivity index (χ0v) is 7.74. The molecule has 2 heterocycles. The van der Waals surface area contributed by atoms with Gasteiger partial charge >= 0.3 is 0 Å². The molecule has 70 valence electrons. The van der Waals surface area contributed by atoms with Crippen molar-refractivity contribution in [2.75, 3.05) is 0 Å². The lowest BCUT2D eigenvalue weighted by Gasteiger charge is -2.16. The molecule has 0 saturated carbocycles. The highest BCUT2D eigenvalue weighted by Gasteiger charge is 2.20. The van der Waals surface area contributed by atoms with E-state index in [4.69, 9.17) is 0 Å². The van der Waals surface area contributed by atoms with Crippen molar-refractivity contribution in [2.24, 2.45) is 0 Å².